The Hall–Kier alpha value is -2.81. The van der Waals surface area contributed by atoms with Crippen LogP contribution in [0.4, 0.5) is 0 Å². The SMILES string of the molecule is O=Cc1ncnc(-c2ccccc2)c1-c1ccccc1. The molecule has 0 unspecified atom stereocenters. The number of carbonyl (C=O) groups excluding carboxylic acids is 1. The zero-order valence-corrected chi connectivity index (χ0v) is 10.7. The topological polar surface area (TPSA) is 42.9 Å². The fourth-order valence-corrected chi connectivity index (χ4v) is 2.19. The molecule has 0 saturated carbocycles. The van der Waals surface area contributed by atoms with Gasteiger partial charge in [0.25, 0.3) is 0 Å². The van der Waals surface area contributed by atoms with E-state index in [1.807, 2.05) is 60.7 Å². The lowest BCUT2D eigenvalue weighted by atomic mass is 9.98. The molecule has 0 aliphatic carbocycles. The summed E-state index contributed by atoms with van der Waals surface area (Å²) in [6.45, 7) is 0. The van der Waals surface area contributed by atoms with Crippen molar-refractivity contribution < 1.29 is 4.79 Å². The van der Waals surface area contributed by atoms with Gasteiger partial charge in [0.15, 0.2) is 6.29 Å². The predicted molar refractivity (Wildman–Crippen MR) is 78.3 cm³/mol. The first-order chi connectivity index (χ1) is 9.90. The normalized spacial score (nSPS) is 10.2. The van der Waals surface area contributed by atoms with Crippen molar-refractivity contribution in [3.8, 4) is 22.4 Å². The second-order valence-electron chi connectivity index (χ2n) is 4.33. The molecule has 0 N–H and O–H groups in total. The van der Waals surface area contributed by atoms with Gasteiger partial charge in [-0.15, -0.1) is 0 Å². The van der Waals surface area contributed by atoms with Crippen molar-refractivity contribution >= 4 is 6.29 Å². The minimum atomic E-state index is 0.407. The van der Waals surface area contributed by atoms with Gasteiger partial charge in [-0.3, -0.25) is 4.79 Å². The van der Waals surface area contributed by atoms with Crippen LogP contribution in [0, 0.1) is 0 Å². The van der Waals surface area contributed by atoms with Crippen LogP contribution in [0.3, 0.4) is 0 Å². The highest BCUT2D eigenvalue weighted by atomic mass is 16.1. The van der Waals surface area contributed by atoms with E-state index in [0.717, 1.165) is 28.7 Å². The van der Waals surface area contributed by atoms with Crippen molar-refractivity contribution in [2.24, 2.45) is 0 Å². The maximum Gasteiger partial charge on any atom is 0.169 e. The molecule has 0 aliphatic rings. The first kappa shape index (κ1) is 12.2. The predicted octanol–water partition coefficient (Wildman–Crippen LogP) is 3.62. The average Bonchev–Trinajstić information content (AvgIpc) is 2.55. The van der Waals surface area contributed by atoms with Crippen molar-refractivity contribution in [1.29, 1.82) is 0 Å². The molecule has 0 aliphatic heterocycles. The highest BCUT2D eigenvalue weighted by Gasteiger charge is 2.14. The Labute approximate surface area is 117 Å². The maximum atomic E-state index is 11.3. The first-order valence-electron chi connectivity index (χ1n) is 6.31. The lowest BCUT2D eigenvalue weighted by Gasteiger charge is -2.10. The molecule has 0 radical (unpaired) electrons. The van der Waals surface area contributed by atoms with Crippen LogP contribution in [0.15, 0.2) is 67.0 Å². The average molecular weight is 260 g/mol. The second-order valence-corrected chi connectivity index (χ2v) is 4.33. The molecule has 0 fully saturated rings. The molecule has 1 heterocycles. The molecule has 0 atom stereocenters. The Bertz CT molecular complexity index is 724. The van der Waals surface area contributed by atoms with Crippen LogP contribution in [-0.4, -0.2) is 16.3 Å². The first-order valence-corrected chi connectivity index (χ1v) is 6.31. The molecule has 0 saturated heterocycles. The fraction of sp³-hybridized carbons (Fsp3) is 0. The van der Waals surface area contributed by atoms with E-state index in [1.165, 1.54) is 6.33 Å². The van der Waals surface area contributed by atoms with E-state index in [9.17, 15) is 4.79 Å². The lowest BCUT2D eigenvalue weighted by Crippen LogP contribution is -1.98. The molecule has 96 valence electrons. The summed E-state index contributed by atoms with van der Waals surface area (Å²) in [5.41, 5.74) is 3.86. The summed E-state index contributed by atoms with van der Waals surface area (Å²) in [7, 11) is 0. The number of rotatable bonds is 3. The van der Waals surface area contributed by atoms with Crippen molar-refractivity contribution in [1.82, 2.24) is 9.97 Å². The number of carbonyl (C=O) groups is 1. The lowest BCUT2D eigenvalue weighted by molar-refractivity contribution is 0.111. The summed E-state index contributed by atoms with van der Waals surface area (Å²) in [6, 6.07) is 19.5. The number of benzene rings is 2. The minimum absolute atomic E-state index is 0.407. The molecule has 3 heteroatoms. The molecule has 0 bridgehead atoms. The van der Waals surface area contributed by atoms with Gasteiger partial charge in [-0.25, -0.2) is 9.97 Å². The van der Waals surface area contributed by atoms with Crippen molar-refractivity contribution in [3.63, 3.8) is 0 Å². The largest absolute Gasteiger partial charge is 0.296 e. The third-order valence-electron chi connectivity index (χ3n) is 3.10. The van der Waals surface area contributed by atoms with Crippen LogP contribution in [0.5, 0.6) is 0 Å². The van der Waals surface area contributed by atoms with E-state index in [-0.39, 0.29) is 0 Å². The van der Waals surface area contributed by atoms with E-state index in [0.29, 0.717) is 5.69 Å². The van der Waals surface area contributed by atoms with Crippen LogP contribution >= 0.6 is 0 Å². The van der Waals surface area contributed by atoms with Gasteiger partial charge < -0.3 is 0 Å². The maximum absolute atomic E-state index is 11.3. The quantitative estimate of drug-likeness (QED) is 0.675. The standard InChI is InChI=1S/C17H12N2O/c20-11-15-16(13-7-3-1-4-8-13)17(19-12-18-15)14-9-5-2-6-10-14/h1-12H. The summed E-state index contributed by atoms with van der Waals surface area (Å²) < 4.78 is 0. The molecule has 1 aromatic heterocycles. The summed E-state index contributed by atoms with van der Waals surface area (Å²) in [5.74, 6) is 0. The fourth-order valence-electron chi connectivity index (χ4n) is 2.19. The van der Waals surface area contributed by atoms with Gasteiger partial charge in [-0.1, -0.05) is 60.7 Å². The van der Waals surface area contributed by atoms with Crippen LogP contribution < -0.4 is 0 Å². The van der Waals surface area contributed by atoms with Crippen LogP contribution in [0.2, 0.25) is 0 Å². The third kappa shape index (κ3) is 2.21. The molecular weight excluding hydrogens is 248 g/mol. The molecule has 20 heavy (non-hydrogen) atoms. The summed E-state index contributed by atoms with van der Waals surface area (Å²) >= 11 is 0. The number of nitrogens with zero attached hydrogens (tertiary/aromatic N) is 2. The Balaban J connectivity index is 2.29. The van der Waals surface area contributed by atoms with Gasteiger partial charge >= 0.3 is 0 Å². The van der Waals surface area contributed by atoms with Crippen LogP contribution in [0.1, 0.15) is 10.5 Å². The van der Waals surface area contributed by atoms with Gasteiger partial charge in [0.05, 0.1) is 5.69 Å². The molecule has 3 nitrogen and oxygen atoms in total. The number of aldehydes is 1. The van der Waals surface area contributed by atoms with Crippen LogP contribution in [-0.2, 0) is 0 Å². The van der Waals surface area contributed by atoms with E-state index in [1.54, 1.807) is 0 Å². The number of aromatic nitrogens is 2. The molecule has 0 amide bonds. The smallest absolute Gasteiger partial charge is 0.169 e. The molecule has 2 aromatic carbocycles. The van der Waals surface area contributed by atoms with Gasteiger partial charge in [-0.05, 0) is 5.56 Å². The van der Waals surface area contributed by atoms with E-state index in [4.69, 9.17) is 0 Å². The highest BCUT2D eigenvalue weighted by molar-refractivity contribution is 5.92. The van der Waals surface area contributed by atoms with E-state index < -0.39 is 0 Å². The van der Waals surface area contributed by atoms with Gasteiger partial charge in [0.1, 0.15) is 12.0 Å². The van der Waals surface area contributed by atoms with Gasteiger partial charge in [0, 0.05) is 11.1 Å². The Morgan fingerprint density at radius 1 is 0.750 bits per heavy atom. The Morgan fingerprint density at radius 2 is 1.35 bits per heavy atom. The monoisotopic (exact) mass is 260 g/mol. The summed E-state index contributed by atoms with van der Waals surface area (Å²) in [5, 5.41) is 0. The zero-order chi connectivity index (χ0) is 13.8. The van der Waals surface area contributed by atoms with Crippen molar-refractivity contribution in [2.75, 3.05) is 0 Å². The molecule has 3 aromatic rings. The van der Waals surface area contributed by atoms with E-state index >= 15 is 0 Å². The highest BCUT2D eigenvalue weighted by Crippen LogP contribution is 2.31. The van der Waals surface area contributed by atoms with Gasteiger partial charge in [0.2, 0.25) is 0 Å². The summed E-state index contributed by atoms with van der Waals surface area (Å²) in [4.78, 5) is 19.7. The number of hydrogen-bond donors (Lipinski definition) is 0. The Morgan fingerprint density at radius 3 is 1.95 bits per heavy atom. The van der Waals surface area contributed by atoms with Gasteiger partial charge in [-0.2, -0.15) is 0 Å². The van der Waals surface area contributed by atoms with E-state index in [2.05, 4.69) is 9.97 Å². The molecular formula is C17H12N2O. The minimum Gasteiger partial charge on any atom is -0.296 e. The van der Waals surface area contributed by atoms with Crippen LogP contribution in [0.25, 0.3) is 22.4 Å². The third-order valence-corrected chi connectivity index (χ3v) is 3.10. The molecule has 0 spiro atoms. The second kappa shape index (κ2) is 5.45. The van der Waals surface area contributed by atoms with Crippen molar-refractivity contribution in [3.05, 3.63) is 72.7 Å². The zero-order valence-electron chi connectivity index (χ0n) is 10.7. The molecule has 3 rings (SSSR count). The Kier molecular flexibility index (Phi) is 3.33. The number of hydrogen-bond acceptors (Lipinski definition) is 3. The van der Waals surface area contributed by atoms with Crippen molar-refractivity contribution in [2.45, 2.75) is 0 Å². The summed E-state index contributed by atoms with van der Waals surface area (Å²) in [6.07, 6.45) is 2.20.